The quantitative estimate of drug-likeness (QED) is 0.746. The summed E-state index contributed by atoms with van der Waals surface area (Å²) in [6.45, 7) is 0. The third kappa shape index (κ3) is 3.16. The summed E-state index contributed by atoms with van der Waals surface area (Å²) in [5.41, 5.74) is 0.634. The van der Waals surface area contributed by atoms with Crippen LogP contribution in [0, 0.1) is 5.82 Å². The number of rotatable bonds is 3. The van der Waals surface area contributed by atoms with Crippen molar-refractivity contribution < 1.29 is 4.39 Å². The van der Waals surface area contributed by atoms with Gasteiger partial charge in [0.25, 0.3) is 0 Å². The predicted molar refractivity (Wildman–Crippen MR) is 84.1 cm³/mol. The molecular formula is C15H16Cl2FN3. The molecule has 1 fully saturated rings. The van der Waals surface area contributed by atoms with Gasteiger partial charge in [0.1, 0.15) is 0 Å². The minimum Gasteiger partial charge on any atom is -0.326 e. The van der Waals surface area contributed by atoms with E-state index in [0.717, 1.165) is 18.8 Å². The van der Waals surface area contributed by atoms with Crippen LogP contribution in [0.5, 0.6) is 0 Å². The minimum absolute atomic E-state index is 0.000715. The highest BCUT2D eigenvalue weighted by Crippen LogP contribution is 2.32. The van der Waals surface area contributed by atoms with Crippen molar-refractivity contribution in [3.05, 3.63) is 40.4 Å². The van der Waals surface area contributed by atoms with Gasteiger partial charge in [0.2, 0.25) is 5.95 Å². The largest absolute Gasteiger partial charge is 0.326 e. The van der Waals surface area contributed by atoms with Crippen molar-refractivity contribution in [1.29, 1.82) is 0 Å². The number of aromatic nitrogens is 2. The van der Waals surface area contributed by atoms with E-state index in [4.69, 9.17) is 23.2 Å². The highest BCUT2D eigenvalue weighted by molar-refractivity contribution is 6.35. The predicted octanol–water partition coefficient (Wildman–Crippen LogP) is 5.58. The fourth-order valence-corrected chi connectivity index (χ4v) is 3.31. The van der Waals surface area contributed by atoms with E-state index in [1.54, 1.807) is 6.20 Å². The standard InChI is InChI=1S/C15H16Cl2FN3/c16-12-8-10(9-13(17)14(12)18)20-15-19-6-7-21(15)11-4-2-1-3-5-11/h6-9,11H,1-5H2,(H,19,20). The van der Waals surface area contributed by atoms with Crippen LogP contribution in [-0.2, 0) is 0 Å². The molecule has 0 aliphatic heterocycles. The van der Waals surface area contributed by atoms with Gasteiger partial charge in [-0.25, -0.2) is 9.37 Å². The van der Waals surface area contributed by atoms with Crippen molar-refractivity contribution in [1.82, 2.24) is 9.55 Å². The Kier molecular flexibility index (Phi) is 4.36. The summed E-state index contributed by atoms with van der Waals surface area (Å²) < 4.78 is 15.6. The van der Waals surface area contributed by atoms with Gasteiger partial charge in [0.15, 0.2) is 5.82 Å². The number of hydrogen-bond acceptors (Lipinski definition) is 2. The summed E-state index contributed by atoms with van der Waals surface area (Å²) >= 11 is 11.6. The Morgan fingerprint density at radius 2 is 1.81 bits per heavy atom. The SMILES string of the molecule is Fc1c(Cl)cc(Nc2nccn2C2CCCCC2)cc1Cl. The van der Waals surface area contributed by atoms with Gasteiger partial charge < -0.3 is 9.88 Å². The Balaban J connectivity index is 1.84. The third-order valence-corrected chi connectivity index (χ3v) is 4.43. The van der Waals surface area contributed by atoms with Gasteiger partial charge in [-0.3, -0.25) is 0 Å². The maximum atomic E-state index is 13.4. The van der Waals surface area contributed by atoms with Crippen LogP contribution in [0.1, 0.15) is 38.1 Å². The van der Waals surface area contributed by atoms with E-state index >= 15 is 0 Å². The average molecular weight is 328 g/mol. The molecule has 1 saturated carbocycles. The zero-order chi connectivity index (χ0) is 14.8. The van der Waals surface area contributed by atoms with Crippen molar-refractivity contribution in [2.75, 3.05) is 5.32 Å². The maximum absolute atomic E-state index is 13.4. The molecule has 112 valence electrons. The van der Waals surface area contributed by atoms with E-state index in [-0.39, 0.29) is 10.0 Å². The van der Waals surface area contributed by atoms with Crippen LogP contribution in [-0.4, -0.2) is 9.55 Å². The van der Waals surface area contributed by atoms with Crippen molar-refractivity contribution in [2.45, 2.75) is 38.1 Å². The topological polar surface area (TPSA) is 29.9 Å². The van der Waals surface area contributed by atoms with Gasteiger partial charge >= 0.3 is 0 Å². The lowest BCUT2D eigenvalue weighted by Gasteiger charge is -2.24. The normalized spacial score (nSPS) is 16.1. The number of hydrogen-bond donors (Lipinski definition) is 1. The molecule has 1 aliphatic carbocycles. The summed E-state index contributed by atoms with van der Waals surface area (Å²) in [5.74, 6) is 0.139. The third-order valence-electron chi connectivity index (χ3n) is 3.88. The molecule has 0 radical (unpaired) electrons. The van der Waals surface area contributed by atoms with E-state index in [2.05, 4.69) is 14.9 Å². The summed E-state index contributed by atoms with van der Waals surface area (Å²) in [7, 11) is 0. The van der Waals surface area contributed by atoms with Crippen molar-refractivity contribution in [3.8, 4) is 0 Å². The summed E-state index contributed by atoms with van der Waals surface area (Å²) in [6, 6.07) is 3.50. The van der Waals surface area contributed by atoms with Crippen molar-refractivity contribution >= 4 is 34.8 Å². The first-order valence-corrected chi connectivity index (χ1v) is 7.85. The van der Waals surface area contributed by atoms with E-state index in [1.165, 1.54) is 31.4 Å². The van der Waals surface area contributed by atoms with Crippen LogP contribution in [0.25, 0.3) is 0 Å². The van der Waals surface area contributed by atoms with Crippen LogP contribution < -0.4 is 5.32 Å². The Morgan fingerprint density at radius 3 is 2.48 bits per heavy atom. The molecule has 3 nitrogen and oxygen atoms in total. The average Bonchev–Trinajstić information content (AvgIpc) is 2.94. The molecule has 0 bridgehead atoms. The van der Waals surface area contributed by atoms with Gasteiger partial charge in [-0.15, -0.1) is 0 Å². The van der Waals surface area contributed by atoms with Gasteiger partial charge in [-0.2, -0.15) is 0 Å². The Hall–Kier alpha value is -1.26. The number of nitrogens with one attached hydrogen (secondary N) is 1. The first kappa shape index (κ1) is 14.7. The van der Waals surface area contributed by atoms with Crippen LogP contribution in [0.3, 0.4) is 0 Å². The molecule has 0 spiro atoms. The van der Waals surface area contributed by atoms with Crippen LogP contribution in [0.2, 0.25) is 10.0 Å². The molecule has 0 atom stereocenters. The molecule has 2 aromatic rings. The van der Waals surface area contributed by atoms with Gasteiger partial charge in [-0.05, 0) is 25.0 Å². The number of benzene rings is 1. The molecule has 1 aromatic heterocycles. The fraction of sp³-hybridized carbons (Fsp3) is 0.400. The number of anilines is 2. The molecule has 1 N–H and O–H groups in total. The lowest BCUT2D eigenvalue weighted by atomic mass is 9.95. The van der Waals surface area contributed by atoms with E-state index in [0.29, 0.717) is 11.7 Å². The van der Waals surface area contributed by atoms with E-state index in [1.807, 2.05) is 6.20 Å². The van der Waals surface area contributed by atoms with Crippen molar-refractivity contribution in [2.24, 2.45) is 0 Å². The van der Waals surface area contributed by atoms with Gasteiger partial charge in [0.05, 0.1) is 10.0 Å². The van der Waals surface area contributed by atoms with Crippen LogP contribution in [0.15, 0.2) is 24.5 Å². The number of halogens is 3. The molecule has 0 amide bonds. The van der Waals surface area contributed by atoms with Crippen LogP contribution in [0.4, 0.5) is 16.0 Å². The Bertz CT molecular complexity index is 613. The van der Waals surface area contributed by atoms with E-state index in [9.17, 15) is 4.39 Å². The van der Waals surface area contributed by atoms with Gasteiger partial charge in [-0.1, -0.05) is 42.5 Å². The lowest BCUT2D eigenvalue weighted by Crippen LogP contribution is -2.14. The maximum Gasteiger partial charge on any atom is 0.207 e. The molecule has 3 rings (SSSR count). The van der Waals surface area contributed by atoms with Crippen molar-refractivity contribution in [3.63, 3.8) is 0 Å². The van der Waals surface area contributed by atoms with Gasteiger partial charge in [0, 0.05) is 24.1 Å². The zero-order valence-electron chi connectivity index (χ0n) is 11.5. The molecule has 0 saturated heterocycles. The number of imidazole rings is 1. The molecular weight excluding hydrogens is 312 g/mol. The molecule has 21 heavy (non-hydrogen) atoms. The first-order chi connectivity index (χ1) is 10.1. The first-order valence-electron chi connectivity index (χ1n) is 7.09. The summed E-state index contributed by atoms with van der Waals surface area (Å²) in [6.07, 6.45) is 9.87. The summed E-state index contributed by atoms with van der Waals surface area (Å²) in [4.78, 5) is 4.34. The minimum atomic E-state index is -0.598. The molecule has 0 unspecified atom stereocenters. The second kappa shape index (κ2) is 6.24. The lowest BCUT2D eigenvalue weighted by molar-refractivity contribution is 0.356. The Labute approximate surface area is 133 Å². The second-order valence-corrected chi connectivity index (χ2v) is 6.14. The highest BCUT2D eigenvalue weighted by atomic mass is 35.5. The molecule has 1 aliphatic rings. The highest BCUT2D eigenvalue weighted by Gasteiger charge is 2.18. The molecule has 1 aromatic carbocycles. The van der Waals surface area contributed by atoms with Crippen LogP contribution >= 0.6 is 23.2 Å². The Morgan fingerprint density at radius 1 is 1.14 bits per heavy atom. The monoisotopic (exact) mass is 327 g/mol. The number of nitrogens with zero attached hydrogens (tertiary/aromatic N) is 2. The summed E-state index contributed by atoms with van der Waals surface area (Å²) in [5, 5.41) is 3.18. The molecule has 1 heterocycles. The second-order valence-electron chi connectivity index (χ2n) is 5.33. The fourth-order valence-electron chi connectivity index (χ4n) is 2.82. The van der Waals surface area contributed by atoms with E-state index < -0.39 is 5.82 Å². The zero-order valence-corrected chi connectivity index (χ0v) is 13.0. The molecule has 6 heteroatoms. The smallest absolute Gasteiger partial charge is 0.207 e.